The first-order chi connectivity index (χ1) is 15.4. The second-order valence-corrected chi connectivity index (χ2v) is 6.98. The molecule has 0 aromatic carbocycles. The Kier molecular flexibility index (Phi) is 8.70. The van der Waals surface area contributed by atoms with Crippen LogP contribution in [0.25, 0.3) is 0 Å². The average molecular weight is 590 g/mol. The summed E-state index contributed by atoms with van der Waals surface area (Å²) in [5, 5.41) is 16.3. The lowest BCUT2D eigenvalue weighted by Crippen LogP contribution is -2.81. The third-order valence-electron chi connectivity index (χ3n) is 4.73. The zero-order valence-electron chi connectivity index (χ0n) is 16.3. The van der Waals surface area contributed by atoms with E-state index in [-0.39, 0.29) is 0 Å². The molecule has 0 saturated carbocycles. The van der Waals surface area contributed by atoms with Crippen molar-refractivity contribution in [3.63, 3.8) is 0 Å². The van der Waals surface area contributed by atoms with E-state index in [4.69, 9.17) is 10.2 Å². The Morgan fingerprint density at radius 3 is 0.972 bits per heavy atom. The molecule has 0 fully saturated rings. The average Bonchev–Trinajstić information content (AvgIpc) is 2.64. The Morgan fingerprint density at radius 2 is 0.694 bits per heavy atom. The fourth-order valence-electron chi connectivity index (χ4n) is 2.59. The molecule has 0 aromatic heterocycles. The fraction of sp³-hybridized carbons (Fsp3) is 1.00. The van der Waals surface area contributed by atoms with Crippen molar-refractivity contribution in [3.05, 3.63) is 0 Å². The van der Waals surface area contributed by atoms with Gasteiger partial charge < -0.3 is 10.2 Å². The van der Waals surface area contributed by atoms with E-state index < -0.39 is 85.3 Å². The summed E-state index contributed by atoms with van der Waals surface area (Å²) in [6.45, 7) is -5.03. The number of alkyl halides is 20. The van der Waals surface area contributed by atoms with Gasteiger partial charge in [0, 0.05) is 26.1 Å². The Morgan fingerprint density at radius 1 is 0.361 bits per heavy atom. The molecule has 0 aliphatic heterocycles. The van der Waals surface area contributed by atoms with E-state index in [0.717, 1.165) is 0 Å². The van der Waals surface area contributed by atoms with Crippen molar-refractivity contribution in [2.75, 3.05) is 13.2 Å². The topological polar surface area (TPSA) is 40.5 Å². The first kappa shape index (κ1) is 34.5. The highest BCUT2D eigenvalue weighted by Gasteiger charge is 2.99. The number of aliphatic hydroxyl groups is 2. The van der Waals surface area contributed by atoms with E-state index in [1.54, 1.807) is 0 Å². The molecule has 0 rings (SSSR count). The van der Waals surface area contributed by atoms with Crippen LogP contribution in [0.5, 0.6) is 0 Å². The molecule has 22 heteroatoms. The Bertz CT molecular complexity index is 769. The first-order valence-electron chi connectivity index (χ1n) is 8.37. The maximum Gasteiger partial charge on any atom is 0.435 e. The summed E-state index contributed by atoms with van der Waals surface area (Å²) in [6, 6.07) is 0. The maximum atomic E-state index is 14.3. The van der Waals surface area contributed by atoms with Crippen LogP contribution in [0.2, 0.25) is 0 Å². The van der Waals surface area contributed by atoms with Crippen LogP contribution in [-0.4, -0.2) is 82.7 Å². The monoisotopic (exact) mass is 590 g/mol. The molecule has 2 nitrogen and oxygen atoms in total. The molecule has 36 heavy (non-hydrogen) atoms. The van der Waals surface area contributed by atoms with E-state index >= 15 is 0 Å². The Balaban J connectivity index is 7.61. The normalized spacial score (nSPS) is 19.2. The van der Waals surface area contributed by atoms with Crippen LogP contribution in [-0.2, 0) is 0 Å². The number of aliphatic hydroxyl groups excluding tert-OH is 2. The summed E-state index contributed by atoms with van der Waals surface area (Å²) in [5.74, 6) is -50.5. The second-order valence-electron chi connectivity index (χ2n) is 6.98. The van der Waals surface area contributed by atoms with Gasteiger partial charge in [0.2, 0.25) is 0 Å². The van der Waals surface area contributed by atoms with Crippen molar-refractivity contribution < 1.29 is 98.0 Å². The van der Waals surface area contributed by atoms with Crippen LogP contribution >= 0.6 is 0 Å². The highest BCUT2D eigenvalue weighted by atomic mass is 19.4. The van der Waals surface area contributed by atoms with Crippen molar-refractivity contribution in [3.8, 4) is 0 Å². The summed E-state index contributed by atoms with van der Waals surface area (Å²) in [5.41, 5.74) is -16.6. The van der Waals surface area contributed by atoms with Crippen molar-refractivity contribution in [1.29, 1.82) is 0 Å². The zero-order chi connectivity index (χ0) is 29.8. The summed E-state index contributed by atoms with van der Waals surface area (Å²) >= 11 is 0. The minimum atomic E-state index is -9.28. The summed E-state index contributed by atoms with van der Waals surface area (Å²) in [4.78, 5) is 0. The summed E-state index contributed by atoms with van der Waals surface area (Å²) < 4.78 is 269. The Hall–Kier alpha value is -1.48. The van der Waals surface area contributed by atoms with Crippen LogP contribution in [0.4, 0.5) is 87.8 Å². The van der Waals surface area contributed by atoms with Gasteiger partial charge in [-0.1, -0.05) is 0 Å². The largest absolute Gasteiger partial charge is 0.435 e. The van der Waals surface area contributed by atoms with Crippen molar-refractivity contribution in [1.82, 2.24) is 0 Å². The molecule has 0 spiro atoms. The smallest absolute Gasteiger partial charge is 0.396 e. The van der Waals surface area contributed by atoms with Crippen molar-refractivity contribution in [2.45, 2.75) is 72.1 Å². The van der Waals surface area contributed by atoms with Crippen LogP contribution in [0.15, 0.2) is 0 Å². The standard InChI is InChI=1S/C14H10F20O2/c15-5(1-3-35,13(29,30)31)8(19,20)7(18,14(32,33)34)10(23,24)12(27,28)11(25,26)9(21,22)6(16,17)2-4-36/h35-36H,1-4H2. The van der Waals surface area contributed by atoms with E-state index in [1.165, 1.54) is 0 Å². The molecular weight excluding hydrogens is 580 g/mol. The van der Waals surface area contributed by atoms with Crippen LogP contribution in [0, 0.1) is 0 Å². The third-order valence-corrected chi connectivity index (χ3v) is 4.73. The van der Waals surface area contributed by atoms with E-state index in [0.29, 0.717) is 0 Å². The van der Waals surface area contributed by atoms with Gasteiger partial charge in [0.1, 0.15) is 0 Å². The lowest BCUT2D eigenvalue weighted by molar-refractivity contribution is -0.470. The highest BCUT2D eigenvalue weighted by molar-refractivity contribution is 5.24. The molecule has 0 aromatic rings. The molecule has 0 amide bonds. The van der Waals surface area contributed by atoms with Crippen molar-refractivity contribution in [2.24, 2.45) is 0 Å². The number of hydrogen-bond acceptors (Lipinski definition) is 2. The van der Waals surface area contributed by atoms with Gasteiger partial charge in [0.15, 0.2) is 0 Å². The van der Waals surface area contributed by atoms with Gasteiger partial charge in [-0.3, -0.25) is 0 Å². The van der Waals surface area contributed by atoms with Gasteiger partial charge in [-0.15, -0.1) is 0 Å². The molecule has 0 aliphatic carbocycles. The van der Waals surface area contributed by atoms with Gasteiger partial charge in [-0.2, -0.15) is 79.0 Å². The summed E-state index contributed by atoms with van der Waals surface area (Å²) in [6.07, 6.45) is -22.9. The van der Waals surface area contributed by atoms with Gasteiger partial charge in [0.25, 0.3) is 5.67 Å². The van der Waals surface area contributed by atoms with Crippen molar-refractivity contribution >= 4 is 0 Å². The minimum absolute atomic E-state index is 2.33. The molecule has 0 heterocycles. The van der Waals surface area contributed by atoms with E-state index in [9.17, 15) is 87.8 Å². The number of halogens is 20. The minimum Gasteiger partial charge on any atom is -0.396 e. The SMILES string of the molecule is OCCC(F)(F)C(F)(F)C(F)(F)C(F)(F)C(F)(F)C(F)(C(F)(F)F)C(F)(F)C(F)(CCO)C(F)(F)F. The quantitative estimate of drug-likeness (QED) is 0.286. The van der Waals surface area contributed by atoms with Gasteiger partial charge in [0.05, 0.1) is 0 Å². The zero-order valence-corrected chi connectivity index (χ0v) is 16.3. The lowest BCUT2D eigenvalue weighted by atomic mass is 9.74. The molecule has 0 saturated heterocycles. The van der Waals surface area contributed by atoms with Crippen LogP contribution in [0.1, 0.15) is 12.8 Å². The molecule has 0 bridgehead atoms. The Labute approximate surface area is 184 Å². The van der Waals surface area contributed by atoms with Gasteiger partial charge in [-0.25, -0.2) is 8.78 Å². The summed E-state index contributed by atoms with van der Waals surface area (Å²) in [7, 11) is 0. The lowest BCUT2D eigenvalue weighted by Gasteiger charge is -2.49. The predicted octanol–water partition coefficient (Wildman–Crippen LogP) is 6.10. The van der Waals surface area contributed by atoms with Crippen LogP contribution < -0.4 is 0 Å². The molecule has 0 radical (unpaired) electrons. The fourth-order valence-corrected chi connectivity index (χ4v) is 2.59. The molecule has 0 aliphatic rings. The molecule has 2 atom stereocenters. The van der Waals surface area contributed by atoms with Crippen LogP contribution in [0.3, 0.4) is 0 Å². The molecule has 218 valence electrons. The maximum absolute atomic E-state index is 14.3. The first-order valence-corrected chi connectivity index (χ1v) is 8.37. The predicted molar refractivity (Wildman–Crippen MR) is 72.9 cm³/mol. The van der Waals surface area contributed by atoms with Gasteiger partial charge in [-0.05, 0) is 0 Å². The third kappa shape index (κ3) is 4.22. The van der Waals surface area contributed by atoms with E-state index in [2.05, 4.69) is 0 Å². The highest BCUT2D eigenvalue weighted by Crippen LogP contribution is 2.68. The van der Waals surface area contributed by atoms with E-state index in [1.807, 2.05) is 0 Å². The van der Waals surface area contributed by atoms with Gasteiger partial charge >= 0.3 is 53.6 Å². The molecular formula is C14H10F20O2. The number of rotatable bonds is 11. The molecule has 2 N–H and O–H groups in total. The number of hydrogen-bond donors (Lipinski definition) is 2. The second kappa shape index (κ2) is 9.07. The molecule has 2 unspecified atom stereocenters.